The number of benzene rings is 2. The number of halogens is 1. The second kappa shape index (κ2) is 5.67. The first-order valence-electron chi connectivity index (χ1n) is 5.60. The van der Waals surface area contributed by atoms with Crippen molar-refractivity contribution in [3.8, 4) is 0 Å². The normalized spacial score (nSPS) is 14.1. The monoisotopic (exact) mass is 323 g/mol. The number of hydrogen-bond donors (Lipinski definition) is 1. The molecule has 2 unspecified atom stereocenters. The van der Waals surface area contributed by atoms with E-state index in [2.05, 4.69) is 15.9 Å². The van der Waals surface area contributed by atoms with Crippen LogP contribution >= 0.6 is 15.9 Å². The third-order valence-corrected chi connectivity index (χ3v) is 4.99. The highest BCUT2D eigenvalue weighted by atomic mass is 79.9. The molecule has 0 radical (unpaired) electrons. The van der Waals surface area contributed by atoms with Gasteiger partial charge in [-0.1, -0.05) is 46.3 Å². The SMILES string of the molecule is CC(c1ccccc1)S(=O)c1ccc(Br)cc1N. The van der Waals surface area contributed by atoms with Gasteiger partial charge in [0.05, 0.1) is 20.9 Å². The van der Waals surface area contributed by atoms with E-state index in [1.54, 1.807) is 6.07 Å². The van der Waals surface area contributed by atoms with Gasteiger partial charge in [0.2, 0.25) is 0 Å². The first-order chi connectivity index (χ1) is 8.59. The van der Waals surface area contributed by atoms with Crippen LogP contribution in [0, 0.1) is 0 Å². The molecule has 2 aromatic rings. The molecule has 0 saturated carbocycles. The van der Waals surface area contributed by atoms with E-state index in [1.165, 1.54) is 0 Å². The molecule has 0 aliphatic rings. The van der Waals surface area contributed by atoms with Gasteiger partial charge >= 0.3 is 0 Å². The molecule has 2 atom stereocenters. The number of hydrogen-bond acceptors (Lipinski definition) is 2. The van der Waals surface area contributed by atoms with Gasteiger partial charge in [-0.3, -0.25) is 4.21 Å². The molecule has 2 rings (SSSR count). The largest absolute Gasteiger partial charge is 0.398 e. The standard InChI is InChI=1S/C14H14BrNOS/c1-10(11-5-3-2-4-6-11)18(17)14-8-7-12(15)9-13(14)16/h2-10H,16H2,1H3. The lowest BCUT2D eigenvalue weighted by Gasteiger charge is -2.13. The van der Waals surface area contributed by atoms with Gasteiger partial charge in [-0.25, -0.2) is 0 Å². The maximum absolute atomic E-state index is 12.5. The number of rotatable bonds is 3. The van der Waals surface area contributed by atoms with Crippen LogP contribution in [0.15, 0.2) is 57.9 Å². The van der Waals surface area contributed by atoms with Crippen molar-refractivity contribution in [2.75, 3.05) is 5.73 Å². The summed E-state index contributed by atoms with van der Waals surface area (Å²) in [6.45, 7) is 1.95. The third kappa shape index (κ3) is 2.82. The molecular weight excluding hydrogens is 310 g/mol. The molecule has 0 bridgehead atoms. The molecule has 0 aromatic heterocycles. The Morgan fingerprint density at radius 2 is 1.83 bits per heavy atom. The fourth-order valence-electron chi connectivity index (χ4n) is 1.74. The van der Waals surface area contributed by atoms with Crippen molar-refractivity contribution in [2.24, 2.45) is 0 Å². The van der Waals surface area contributed by atoms with Crippen molar-refractivity contribution in [3.63, 3.8) is 0 Å². The Balaban J connectivity index is 2.32. The van der Waals surface area contributed by atoms with Crippen LogP contribution in [0.2, 0.25) is 0 Å². The molecule has 0 heterocycles. The molecule has 4 heteroatoms. The second-order valence-electron chi connectivity index (χ2n) is 4.03. The highest BCUT2D eigenvalue weighted by molar-refractivity contribution is 9.10. The summed E-state index contributed by atoms with van der Waals surface area (Å²) in [5, 5.41) is -0.0744. The molecule has 18 heavy (non-hydrogen) atoms. The Kier molecular flexibility index (Phi) is 4.19. The third-order valence-electron chi connectivity index (χ3n) is 2.78. The lowest BCUT2D eigenvalue weighted by molar-refractivity contribution is 0.676. The van der Waals surface area contributed by atoms with Crippen molar-refractivity contribution in [2.45, 2.75) is 17.1 Å². The number of anilines is 1. The predicted octanol–water partition coefficient (Wildman–Crippen LogP) is 3.90. The van der Waals surface area contributed by atoms with Gasteiger partial charge in [0, 0.05) is 10.2 Å². The fraction of sp³-hybridized carbons (Fsp3) is 0.143. The van der Waals surface area contributed by atoms with Crippen molar-refractivity contribution in [1.82, 2.24) is 0 Å². The number of nitrogen functional groups attached to an aromatic ring is 1. The zero-order valence-electron chi connectivity index (χ0n) is 9.97. The van der Waals surface area contributed by atoms with E-state index in [-0.39, 0.29) is 5.25 Å². The molecule has 2 aromatic carbocycles. The molecule has 0 aliphatic heterocycles. The second-order valence-corrected chi connectivity index (χ2v) is 6.69. The van der Waals surface area contributed by atoms with E-state index < -0.39 is 10.8 Å². The summed E-state index contributed by atoms with van der Waals surface area (Å²) in [7, 11) is -1.14. The van der Waals surface area contributed by atoms with E-state index in [0.717, 1.165) is 10.0 Å². The lowest BCUT2D eigenvalue weighted by atomic mass is 10.2. The summed E-state index contributed by atoms with van der Waals surface area (Å²) in [6, 6.07) is 15.3. The van der Waals surface area contributed by atoms with Crippen LogP contribution in [0.25, 0.3) is 0 Å². The Bertz CT molecular complexity index is 571. The smallest absolute Gasteiger partial charge is 0.0624 e. The minimum Gasteiger partial charge on any atom is -0.398 e. The average Bonchev–Trinajstić information content (AvgIpc) is 2.38. The van der Waals surface area contributed by atoms with E-state index >= 15 is 0 Å². The summed E-state index contributed by atoms with van der Waals surface area (Å²) in [6.07, 6.45) is 0. The Morgan fingerprint density at radius 3 is 2.44 bits per heavy atom. The minimum absolute atomic E-state index is 0.0744. The summed E-state index contributed by atoms with van der Waals surface area (Å²) in [5.41, 5.74) is 7.53. The van der Waals surface area contributed by atoms with Gasteiger partial charge in [0.25, 0.3) is 0 Å². The molecule has 0 spiro atoms. The van der Waals surface area contributed by atoms with Gasteiger partial charge in [0.15, 0.2) is 0 Å². The Hall–Kier alpha value is -1.13. The van der Waals surface area contributed by atoms with Crippen molar-refractivity contribution < 1.29 is 4.21 Å². The zero-order chi connectivity index (χ0) is 13.1. The molecule has 0 amide bonds. The van der Waals surface area contributed by atoms with Gasteiger partial charge in [-0.2, -0.15) is 0 Å². The molecule has 2 N–H and O–H groups in total. The quantitative estimate of drug-likeness (QED) is 0.870. The minimum atomic E-state index is -1.14. The van der Waals surface area contributed by atoms with E-state index in [1.807, 2.05) is 49.4 Å². The maximum Gasteiger partial charge on any atom is 0.0624 e. The summed E-state index contributed by atoms with van der Waals surface area (Å²) < 4.78 is 13.4. The van der Waals surface area contributed by atoms with Crippen LogP contribution in [-0.2, 0) is 10.8 Å². The van der Waals surface area contributed by atoms with Gasteiger partial charge in [-0.15, -0.1) is 0 Å². The molecule has 0 saturated heterocycles. The molecule has 94 valence electrons. The van der Waals surface area contributed by atoms with Crippen LogP contribution in [-0.4, -0.2) is 4.21 Å². The van der Waals surface area contributed by atoms with Gasteiger partial charge in [0.1, 0.15) is 0 Å². The van der Waals surface area contributed by atoms with Crippen LogP contribution in [0.3, 0.4) is 0 Å². The van der Waals surface area contributed by atoms with Crippen LogP contribution < -0.4 is 5.73 Å². The summed E-state index contributed by atoms with van der Waals surface area (Å²) >= 11 is 3.35. The van der Waals surface area contributed by atoms with E-state index in [9.17, 15) is 4.21 Å². The lowest BCUT2D eigenvalue weighted by Crippen LogP contribution is -2.05. The molecule has 0 aliphatic carbocycles. The molecule has 0 fully saturated rings. The highest BCUT2D eigenvalue weighted by Gasteiger charge is 2.17. The molecular formula is C14H14BrNOS. The first-order valence-corrected chi connectivity index (χ1v) is 7.60. The number of nitrogens with two attached hydrogens (primary N) is 1. The fourth-order valence-corrected chi connectivity index (χ4v) is 3.40. The topological polar surface area (TPSA) is 43.1 Å². The van der Waals surface area contributed by atoms with Crippen molar-refractivity contribution in [3.05, 3.63) is 58.6 Å². The van der Waals surface area contributed by atoms with Crippen LogP contribution in [0.5, 0.6) is 0 Å². The summed E-state index contributed by atoms with van der Waals surface area (Å²) in [4.78, 5) is 0.689. The highest BCUT2D eigenvalue weighted by Crippen LogP contribution is 2.29. The maximum atomic E-state index is 12.5. The van der Waals surface area contributed by atoms with Crippen LogP contribution in [0.4, 0.5) is 5.69 Å². The average molecular weight is 324 g/mol. The van der Waals surface area contributed by atoms with Gasteiger partial charge in [-0.05, 0) is 30.7 Å². The van der Waals surface area contributed by atoms with Crippen molar-refractivity contribution in [1.29, 1.82) is 0 Å². The zero-order valence-corrected chi connectivity index (χ0v) is 12.4. The van der Waals surface area contributed by atoms with E-state index in [4.69, 9.17) is 5.73 Å². The Morgan fingerprint density at radius 1 is 1.17 bits per heavy atom. The van der Waals surface area contributed by atoms with E-state index in [0.29, 0.717) is 10.6 Å². The van der Waals surface area contributed by atoms with Gasteiger partial charge < -0.3 is 5.73 Å². The van der Waals surface area contributed by atoms with Crippen molar-refractivity contribution >= 4 is 32.4 Å². The Labute approximate surface area is 118 Å². The summed E-state index contributed by atoms with van der Waals surface area (Å²) in [5.74, 6) is 0. The molecule has 2 nitrogen and oxygen atoms in total. The first kappa shape index (κ1) is 13.3. The van der Waals surface area contributed by atoms with Crippen LogP contribution in [0.1, 0.15) is 17.7 Å². The predicted molar refractivity (Wildman–Crippen MR) is 79.8 cm³/mol.